The fourth-order valence-corrected chi connectivity index (χ4v) is 2.58. The fraction of sp³-hybridized carbons (Fsp3) is 0.538. The van der Waals surface area contributed by atoms with Crippen LogP contribution in [0.25, 0.3) is 0 Å². The lowest BCUT2D eigenvalue weighted by molar-refractivity contribution is 0.0326. The van der Waals surface area contributed by atoms with Crippen molar-refractivity contribution in [1.82, 2.24) is 5.32 Å². The van der Waals surface area contributed by atoms with Gasteiger partial charge in [0, 0.05) is 5.02 Å². The maximum Gasteiger partial charge on any atom is 0.0872 e. The van der Waals surface area contributed by atoms with Gasteiger partial charge < -0.3 is 10.4 Å². The highest BCUT2D eigenvalue weighted by atomic mass is 35.5. The van der Waals surface area contributed by atoms with Crippen molar-refractivity contribution in [2.24, 2.45) is 5.92 Å². The Hall–Kier alpha value is -0.570. The van der Waals surface area contributed by atoms with Gasteiger partial charge in [0.2, 0.25) is 0 Å². The molecule has 1 aliphatic heterocycles. The van der Waals surface area contributed by atoms with Crippen molar-refractivity contribution in [3.8, 4) is 0 Å². The number of benzene rings is 1. The SMILES string of the molecule is CC(O)(CC1CCNC1)c1cccc(Cl)c1. The first-order chi connectivity index (χ1) is 7.58. The van der Waals surface area contributed by atoms with Gasteiger partial charge in [-0.15, -0.1) is 0 Å². The van der Waals surface area contributed by atoms with Crippen LogP contribution < -0.4 is 5.32 Å². The Morgan fingerprint density at radius 3 is 3.00 bits per heavy atom. The molecule has 2 atom stereocenters. The van der Waals surface area contributed by atoms with Crippen LogP contribution >= 0.6 is 11.6 Å². The minimum atomic E-state index is -0.776. The maximum absolute atomic E-state index is 10.5. The Labute approximate surface area is 102 Å². The average Bonchev–Trinajstić information content (AvgIpc) is 2.70. The topological polar surface area (TPSA) is 32.3 Å². The standard InChI is InChI=1S/C13H18ClNO/c1-13(16,8-10-5-6-15-9-10)11-3-2-4-12(14)7-11/h2-4,7,10,15-16H,5-6,8-9H2,1H3. The van der Waals surface area contributed by atoms with Crippen LogP contribution in [-0.4, -0.2) is 18.2 Å². The summed E-state index contributed by atoms with van der Waals surface area (Å²) in [4.78, 5) is 0. The first kappa shape index (κ1) is 11.9. The number of rotatable bonds is 3. The van der Waals surface area contributed by atoms with Crippen LogP contribution in [0.1, 0.15) is 25.3 Å². The van der Waals surface area contributed by atoms with Gasteiger partial charge in [0.15, 0.2) is 0 Å². The van der Waals surface area contributed by atoms with Gasteiger partial charge >= 0.3 is 0 Å². The molecule has 1 heterocycles. The average molecular weight is 240 g/mol. The minimum Gasteiger partial charge on any atom is -0.385 e. The van der Waals surface area contributed by atoms with Crippen LogP contribution in [0.3, 0.4) is 0 Å². The van der Waals surface area contributed by atoms with Crippen molar-refractivity contribution < 1.29 is 5.11 Å². The molecule has 0 radical (unpaired) electrons. The fourth-order valence-electron chi connectivity index (χ4n) is 2.39. The highest BCUT2D eigenvalue weighted by Crippen LogP contribution is 2.31. The minimum absolute atomic E-state index is 0.564. The lowest BCUT2D eigenvalue weighted by atomic mass is 9.86. The zero-order valence-corrected chi connectivity index (χ0v) is 10.3. The smallest absolute Gasteiger partial charge is 0.0872 e. The summed E-state index contributed by atoms with van der Waals surface area (Å²) in [5, 5.41) is 14.5. The summed E-state index contributed by atoms with van der Waals surface area (Å²) in [7, 11) is 0. The van der Waals surface area contributed by atoms with Crippen LogP contribution in [0.4, 0.5) is 0 Å². The molecular formula is C13H18ClNO. The van der Waals surface area contributed by atoms with E-state index in [-0.39, 0.29) is 0 Å². The predicted octanol–water partition coefficient (Wildman–Crippen LogP) is 2.55. The van der Waals surface area contributed by atoms with Crippen LogP contribution in [0.2, 0.25) is 5.02 Å². The van der Waals surface area contributed by atoms with Gasteiger partial charge in [0.1, 0.15) is 0 Å². The first-order valence-electron chi connectivity index (χ1n) is 5.77. The zero-order valence-electron chi connectivity index (χ0n) is 9.54. The Morgan fingerprint density at radius 1 is 1.56 bits per heavy atom. The van der Waals surface area contributed by atoms with Gasteiger partial charge in [0.05, 0.1) is 5.60 Å². The molecule has 0 saturated carbocycles. The molecule has 88 valence electrons. The van der Waals surface area contributed by atoms with E-state index in [1.807, 2.05) is 31.2 Å². The van der Waals surface area contributed by atoms with Crippen molar-refractivity contribution in [2.75, 3.05) is 13.1 Å². The van der Waals surface area contributed by atoms with Gasteiger partial charge in [-0.1, -0.05) is 23.7 Å². The van der Waals surface area contributed by atoms with Gasteiger partial charge in [0.25, 0.3) is 0 Å². The lowest BCUT2D eigenvalue weighted by Crippen LogP contribution is -2.26. The second-order valence-corrected chi connectivity index (χ2v) is 5.28. The molecule has 0 aromatic heterocycles. The van der Waals surface area contributed by atoms with Crippen molar-refractivity contribution in [3.63, 3.8) is 0 Å². The molecule has 2 unspecified atom stereocenters. The molecule has 2 rings (SSSR count). The number of hydrogen-bond acceptors (Lipinski definition) is 2. The van der Waals surface area contributed by atoms with Crippen LogP contribution in [-0.2, 0) is 5.60 Å². The summed E-state index contributed by atoms with van der Waals surface area (Å²) in [5.74, 6) is 0.564. The molecule has 0 amide bonds. The molecule has 0 bridgehead atoms. The van der Waals surface area contributed by atoms with Gasteiger partial charge in [-0.05, 0) is 56.5 Å². The Morgan fingerprint density at radius 2 is 2.38 bits per heavy atom. The molecule has 1 fully saturated rings. The molecule has 0 spiro atoms. The highest BCUT2D eigenvalue weighted by Gasteiger charge is 2.28. The number of aliphatic hydroxyl groups is 1. The molecule has 1 aliphatic rings. The Bertz CT molecular complexity index is 359. The number of nitrogens with one attached hydrogen (secondary N) is 1. The Kier molecular flexibility index (Phi) is 3.53. The molecular weight excluding hydrogens is 222 g/mol. The molecule has 0 aliphatic carbocycles. The van der Waals surface area contributed by atoms with Crippen LogP contribution in [0.5, 0.6) is 0 Å². The van der Waals surface area contributed by atoms with Crippen molar-refractivity contribution in [2.45, 2.75) is 25.4 Å². The lowest BCUT2D eigenvalue weighted by Gasteiger charge is -2.27. The summed E-state index contributed by atoms with van der Waals surface area (Å²) < 4.78 is 0. The quantitative estimate of drug-likeness (QED) is 0.850. The van der Waals surface area contributed by atoms with Crippen molar-refractivity contribution >= 4 is 11.6 Å². The largest absolute Gasteiger partial charge is 0.385 e. The van der Waals surface area contributed by atoms with E-state index in [9.17, 15) is 5.11 Å². The normalized spacial score (nSPS) is 24.3. The molecule has 1 saturated heterocycles. The molecule has 1 aromatic rings. The summed E-state index contributed by atoms with van der Waals surface area (Å²) in [6.45, 7) is 3.95. The predicted molar refractivity (Wildman–Crippen MR) is 66.6 cm³/mol. The highest BCUT2D eigenvalue weighted by molar-refractivity contribution is 6.30. The molecule has 2 N–H and O–H groups in total. The summed E-state index contributed by atoms with van der Waals surface area (Å²) >= 11 is 5.94. The van der Waals surface area contributed by atoms with E-state index >= 15 is 0 Å². The van der Waals surface area contributed by atoms with Crippen LogP contribution in [0.15, 0.2) is 24.3 Å². The van der Waals surface area contributed by atoms with Crippen LogP contribution in [0, 0.1) is 5.92 Å². The van der Waals surface area contributed by atoms with E-state index in [0.717, 1.165) is 31.5 Å². The summed E-state index contributed by atoms with van der Waals surface area (Å²) in [6, 6.07) is 7.51. The second-order valence-electron chi connectivity index (χ2n) is 4.85. The zero-order chi connectivity index (χ0) is 11.6. The molecule has 16 heavy (non-hydrogen) atoms. The third-order valence-corrected chi connectivity index (χ3v) is 3.53. The first-order valence-corrected chi connectivity index (χ1v) is 6.15. The summed E-state index contributed by atoms with van der Waals surface area (Å²) in [6.07, 6.45) is 1.94. The monoisotopic (exact) mass is 239 g/mol. The maximum atomic E-state index is 10.5. The van der Waals surface area contributed by atoms with Gasteiger partial charge in [-0.25, -0.2) is 0 Å². The third-order valence-electron chi connectivity index (χ3n) is 3.30. The van der Waals surface area contributed by atoms with Gasteiger partial charge in [-0.3, -0.25) is 0 Å². The van der Waals surface area contributed by atoms with E-state index in [0.29, 0.717) is 10.9 Å². The number of hydrogen-bond donors (Lipinski definition) is 2. The number of halogens is 1. The van der Waals surface area contributed by atoms with E-state index < -0.39 is 5.60 Å². The van der Waals surface area contributed by atoms with E-state index in [4.69, 9.17) is 11.6 Å². The van der Waals surface area contributed by atoms with E-state index in [1.165, 1.54) is 0 Å². The molecule has 1 aromatic carbocycles. The van der Waals surface area contributed by atoms with Crippen molar-refractivity contribution in [3.05, 3.63) is 34.9 Å². The van der Waals surface area contributed by atoms with E-state index in [1.54, 1.807) is 0 Å². The third kappa shape index (κ3) is 2.76. The Balaban J connectivity index is 2.10. The summed E-state index contributed by atoms with van der Waals surface area (Å²) in [5.41, 5.74) is 0.133. The van der Waals surface area contributed by atoms with E-state index in [2.05, 4.69) is 5.32 Å². The molecule has 2 nitrogen and oxygen atoms in total. The van der Waals surface area contributed by atoms with Crippen molar-refractivity contribution in [1.29, 1.82) is 0 Å². The second kappa shape index (κ2) is 4.74. The molecule has 3 heteroatoms. The van der Waals surface area contributed by atoms with Gasteiger partial charge in [-0.2, -0.15) is 0 Å².